The van der Waals surface area contributed by atoms with Crippen LogP contribution >= 0.6 is 0 Å². The molecule has 3 heteroatoms. The molecule has 0 aromatic rings. The van der Waals surface area contributed by atoms with Gasteiger partial charge in [-0.25, -0.2) is 4.79 Å². The summed E-state index contributed by atoms with van der Waals surface area (Å²) in [4.78, 5) is 13.2. The number of rotatable bonds is 1. The Morgan fingerprint density at radius 3 is 2.64 bits per heavy atom. The van der Waals surface area contributed by atoms with Crippen LogP contribution in [-0.2, 0) is 0 Å². The van der Waals surface area contributed by atoms with Crippen LogP contribution in [0, 0.1) is 0 Å². The fourth-order valence-electron chi connectivity index (χ4n) is 1.95. The molecule has 1 saturated carbocycles. The number of urea groups is 1. The summed E-state index contributed by atoms with van der Waals surface area (Å²) >= 11 is 0. The SMILES string of the molecule is CC1(N2CCNC2=O)CCC1. The Kier molecular flexibility index (Phi) is 1.34. The zero-order valence-electron chi connectivity index (χ0n) is 6.89. The van der Waals surface area contributed by atoms with Gasteiger partial charge in [0.1, 0.15) is 0 Å². The number of nitrogens with one attached hydrogen (secondary N) is 1. The number of amides is 2. The van der Waals surface area contributed by atoms with Gasteiger partial charge in [0.05, 0.1) is 0 Å². The molecule has 2 rings (SSSR count). The van der Waals surface area contributed by atoms with Crippen LogP contribution in [0.3, 0.4) is 0 Å². The highest BCUT2D eigenvalue weighted by atomic mass is 16.2. The largest absolute Gasteiger partial charge is 0.336 e. The minimum atomic E-state index is 0.132. The van der Waals surface area contributed by atoms with Gasteiger partial charge in [-0.05, 0) is 26.2 Å². The number of hydrogen-bond acceptors (Lipinski definition) is 1. The lowest BCUT2D eigenvalue weighted by Gasteiger charge is -2.45. The highest BCUT2D eigenvalue weighted by Crippen LogP contribution is 2.37. The van der Waals surface area contributed by atoms with Crippen LogP contribution in [0.5, 0.6) is 0 Å². The summed E-state index contributed by atoms with van der Waals surface area (Å²) in [5.74, 6) is 0. The van der Waals surface area contributed by atoms with Crippen molar-refractivity contribution in [2.24, 2.45) is 0 Å². The lowest BCUT2D eigenvalue weighted by Crippen LogP contribution is -2.52. The van der Waals surface area contributed by atoms with Crippen LogP contribution in [0.15, 0.2) is 0 Å². The van der Waals surface area contributed by atoms with E-state index in [1.165, 1.54) is 19.3 Å². The van der Waals surface area contributed by atoms with Gasteiger partial charge < -0.3 is 10.2 Å². The molecule has 0 unspecified atom stereocenters. The molecule has 2 amide bonds. The molecule has 62 valence electrons. The standard InChI is InChI=1S/C8H14N2O/c1-8(3-2-4-8)10-6-5-9-7(10)11/h2-6H2,1H3,(H,9,11). The molecule has 0 spiro atoms. The quantitative estimate of drug-likeness (QED) is 0.599. The minimum Gasteiger partial charge on any atom is -0.336 e. The van der Waals surface area contributed by atoms with Crippen molar-refractivity contribution in [3.8, 4) is 0 Å². The van der Waals surface area contributed by atoms with E-state index in [1.807, 2.05) is 4.90 Å². The summed E-state index contributed by atoms with van der Waals surface area (Å²) in [6.07, 6.45) is 3.64. The zero-order chi connectivity index (χ0) is 7.90. The molecule has 0 aromatic carbocycles. The zero-order valence-corrected chi connectivity index (χ0v) is 6.89. The Balaban J connectivity index is 2.08. The Bertz CT molecular complexity index is 187. The number of carbonyl (C=O) groups is 1. The minimum absolute atomic E-state index is 0.132. The average Bonchev–Trinajstić information content (AvgIpc) is 2.30. The Morgan fingerprint density at radius 1 is 1.55 bits per heavy atom. The van der Waals surface area contributed by atoms with Crippen LogP contribution in [-0.4, -0.2) is 29.6 Å². The van der Waals surface area contributed by atoms with E-state index in [9.17, 15) is 4.79 Å². The Hall–Kier alpha value is -0.730. The predicted octanol–water partition coefficient (Wildman–Crippen LogP) is 0.954. The van der Waals surface area contributed by atoms with E-state index in [2.05, 4.69) is 12.2 Å². The molecule has 0 bridgehead atoms. The maximum absolute atomic E-state index is 11.2. The average molecular weight is 154 g/mol. The first-order valence-electron chi connectivity index (χ1n) is 4.28. The second-order valence-electron chi connectivity index (χ2n) is 3.73. The number of hydrogen-bond donors (Lipinski definition) is 1. The molecular weight excluding hydrogens is 140 g/mol. The summed E-state index contributed by atoms with van der Waals surface area (Å²) in [6.45, 7) is 3.91. The van der Waals surface area contributed by atoms with Gasteiger partial charge in [0.15, 0.2) is 0 Å². The Morgan fingerprint density at radius 2 is 2.27 bits per heavy atom. The lowest BCUT2D eigenvalue weighted by atomic mass is 9.77. The first-order valence-corrected chi connectivity index (χ1v) is 4.28. The third kappa shape index (κ3) is 0.905. The summed E-state index contributed by atoms with van der Waals surface area (Å²) in [5, 5.41) is 2.83. The fourth-order valence-corrected chi connectivity index (χ4v) is 1.95. The van der Waals surface area contributed by atoms with Gasteiger partial charge >= 0.3 is 6.03 Å². The van der Waals surface area contributed by atoms with Gasteiger partial charge in [0.2, 0.25) is 0 Å². The van der Waals surface area contributed by atoms with E-state index in [1.54, 1.807) is 0 Å². The predicted molar refractivity (Wildman–Crippen MR) is 42.4 cm³/mol. The highest BCUT2D eigenvalue weighted by Gasteiger charge is 2.42. The molecule has 1 heterocycles. The smallest absolute Gasteiger partial charge is 0.317 e. The van der Waals surface area contributed by atoms with Crippen molar-refractivity contribution in [3.05, 3.63) is 0 Å². The van der Waals surface area contributed by atoms with Crippen molar-refractivity contribution in [1.82, 2.24) is 10.2 Å². The van der Waals surface area contributed by atoms with E-state index >= 15 is 0 Å². The highest BCUT2D eigenvalue weighted by molar-refractivity contribution is 5.77. The molecule has 1 N–H and O–H groups in total. The number of nitrogens with zero attached hydrogens (tertiary/aromatic N) is 1. The maximum atomic E-state index is 11.2. The fraction of sp³-hybridized carbons (Fsp3) is 0.875. The van der Waals surface area contributed by atoms with Crippen LogP contribution in [0.2, 0.25) is 0 Å². The van der Waals surface area contributed by atoms with Crippen LogP contribution in [0.25, 0.3) is 0 Å². The van der Waals surface area contributed by atoms with Crippen molar-refractivity contribution >= 4 is 6.03 Å². The molecule has 0 atom stereocenters. The second-order valence-corrected chi connectivity index (χ2v) is 3.73. The molecule has 11 heavy (non-hydrogen) atoms. The third-order valence-electron chi connectivity index (χ3n) is 2.94. The van der Waals surface area contributed by atoms with Crippen LogP contribution in [0.4, 0.5) is 4.79 Å². The van der Waals surface area contributed by atoms with Gasteiger partial charge in [0, 0.05) is 18.6 Å². The van der Waals surface area contributed by atoms with Gasteiger partial charge in [-0.1, -0.05) is 0 Å². The second kappa shape index (κ2) is 2.13. The van der Waals surface area contributed by atoms with E-state index in [4.69, 9.17) is 0 Å². The van der Waals surface area contributed by atoms with E-state index in [-0.39, 0.29) is 11.6 Å². The lowest BCUT2D eigenvalue weighted by molar-refractivity contribution is 0.0801. The van der Waals surface area contributed by atoms with Gasteiger partial charge in [0.25, 0.3) is 0 Å². The normalized spacial score (nSPS) is 28.1. The van der Waals surface area contributed by atoms with Gasteiger partial charge in [-0.15, -0.1) is 0 Å². The Labute approximate surface area is 66.8 Å². The first kappa shape index (κ1) is 6.95. The molecule has 0 aromatic heterocycles. The summed E-state index contributed by atoms with van der Waals surface area (Å²) < 4.78 is 0. The molecular formula is C8H14N2O. The summed E-state index contributed by atoms with van der Waals surface area (Å²) in [5.41, 5.74) is 0.195. The van der Waals surface area contributed by atoms with Crippen molar-refractivity contribution in [2.45, 2.75) is 31.7 Å². The monoisotopic (exact) mass is 154 g/mol. The van der Waals surface area contributed by atoms with E-state index < -0.39 is 0 Å². The van der Waals surface area contributed by atoms with E-state index in [0.717, 1.165) is 13.1 Å². The molecule has 0 radical (unpaired) electrons. The van der Waals surface area contributed by atoms with Crippen LogP contribution in [0.1, 0.15) is 26.2 Å². The molecule has 1 aliphatic heterocycles. The summed E-state index contributed by atoms with van der Waals surface area (Å²) in [7, 11) is 0. The maximum Gasteiger partial charge on any atom is 0.317 e. The van der Waals surface area contributed by atoms with E-state index in [0.29, 0.717) is 0 Å². The van der Waals surface area contributed by atoms with Crippen molar-refractivity contribution in [2.75, 3.05) is 13.1 Å². The topological polar surface area (TPSA) is 32.3 Å². The van der Waals surface area contributed by atoms with Gasteiger partial charge in [-0.3, -0.25) is 0 Å². The van der Waals surface area contributed by atoms with Crippen molar-refractivity contribution in [3.63, 3.8) is 0 Å². The van der Waals surface area contributed by atoms with Gasteiger partial charge in [-0.2, -0.15) is 0 Å². The molecule has 2 fully saturated rings. The van der Waals surface area contributed by atoms with Crippen molar-refractivity contribution < 1.29 is 4.79 Å². The van der Waals surface area contributed by atoms with Crippen molar-refractivity contribution in [1.29, 1.82) is 0 Å². The molecule has 1 aliphatic carbocycles. The first-order chi connectivity index (χ1) is 5.22. The third-order valence-corrected chi connectivity index (χ3v) is 2.94. The molecule has 1 saturated heterocycles. The van der Waals surface area contributed by atoms with Crippen LogP contribution < -0.4 is 5.32 Å². The summed E-state index contributed by atoms with van der Waals surface area (Å²) in [6, 6.07) is 0.132. The number of carbonyl (C=O) groups excluding carboxylic acids is 1. The molecule has 2 aliphatic rings. The molecule has 3 nitrogen and oxygen atoms in total.